The van der Waals surface area contributed by atoms with Crippen LogP contribution in [-0.2, 0) is 29.0 Å². The number of thiazole rings is 1. The number of para-hydroxylation sites is 1. The number of carbonyl (C=O) groups excluding carboxylic acids is 2. The Kier molecular flexibility index (Phi) is 6.28. The van der Waals surface area contributed by atoms with Crippen LogP contribution in [-0.4, -0.2) is 43.3 Å². The molecular formula is C21H20N6O3S2. The molecule has 4 aromatic rings. The molecule has 3 heterocycles. The Morgan fingerprint density at radius 1 is 1.38 bits per heavy atom. The average molecular weight is 469 g/mol. The SMILES string of the molecule is C=CCn1c(Cc2csc(NC(=O)Cn3cc(C(=O)OC)c4ccccc43)n2)n[nH]c1=S. The Morgan fingerprint density at radius 2 is 2.19 bits per heavy atom. The first-order valence-electron chi connectivity index (χ1n) is 9.65. The molecule has 0 aliphatic rings. The Hall–Kier alpha value is -3.57. The van der Waals surface area contributed by atoms with Gasteiger partial charge in [-0.3, -0.25) is 14.5 Å². The standard InChI is InChI=1S/C21H20N6O3S2/c1-3-8-27-17(24-25-21(27)31)9-13-12-32-20(22-13)23-18(28)11-26-10-15(19(29)30-2)14-6-4-5-7-16(14)26/h3-7,10,12H,1,8-9,11H2,2H3,(H,25,31)(H,22,23,28). The van der Waals surface area contributed by atoms with E-state index in [1.54, 1.807) is 16.8 Å². The summed E-state index contributed by atoms with van der Waals surface area (Å²) in [5.41, 5.74) is 1.96. The van der Waals surface area contributed by atoms with Crippen molar-refractivity contribution < 1.29 is 14.3 Å². The van der Waals surface area contributed by atoms with Crippen molar-refractivity contribution in [2.75, 3.05) is 12.4 Å². The average Bonchev–Trinajstić information content (AvgIpc) is 3.48. The van der Waals surface area contributed by atoms with E-state index in [1.165, 1.54) is 18.4 Å². The third-order valence-electron chi connectivity index (χ3n) is 4.79. The third kappa shape index (κ3) is 4.39. The predicted molar refractivity (Wildman–Crippen MR) is 124 cm³/mol. The highest BCUT2D eigenvalue weighted by Crippen LogP contribution is 2.23. The molecule has 0 aliphatic heterocycles. The summed E-state index contributed by atoms with van der Waals surface area (Å²) in [5, 5.41) is 12.9. The summed E-state index contributed by atoms with van der Waals surface area (Å²) in [4.78, 5) is 29.2. The van der Waals surface area contributed by atoms with Crippen LogP contribution in [0.4, 0.5) is 5.13 Å². The van der Waals surface area contributed by atoms with E-state index in [0.29, 0.717) is 28.4 Å². The van der Waals surface area contributed by atoms with E-state index in [-0.39, 0.29) is 12.5 Å². The minimum Gasteiger partial charge on any atom is -0.465 e. The molecule has 0 fully saturated rings. The smallest absolute Gasteiger partial charge is 0.340 e. The fourth-order valence-corrected chi connectivity index (χ4v) is 4.33. The van der Waals surface area contributed by atoms with Crippen LogP contribution in [0, 0.1) is 4.77 Å². The summed E-state index contributed by atoms with van der Waals surface area (Å²) in [7, 11) is 1.33. The molecule has 0 atom stereocenters. The maximum absolute atomic E-state index is 12.7. The monoisotopic (exact) mass is 468 g/mol. The summed E-state index contributed by atoms with van der Waals surface area (Å²) in [5.74, 6) is 0.0452. The van der Waals surface area contributed by atoms with Crippen molar-refractivity contribution in [3.63, 3.8) is 0 Å². The number of aromatic amines is 1. The number of nitrogens with zero attached hydrogens (tertiary/aromatic N) is 4. The number of methoxy groups -OCH3 is 1. The zero-order valence-electron chi connectivity index (χ0n) is 17.2. The molecule has 0 spiro atoms. The molecule has 0 saturated heterocycles. The van der Waals surface area contributed by atoms with Gasteiger partial charge in [0.15, 0.2) is 9.90 Å². The first-order chi connectivity index (χ1) is 15.5. The van der Waals surface area contributed by atoms with E-state index in [0.717, 1.165) is 22.4 Å². The Bertz CT molecular complexity index is 1360. The van der Waals surface area contributed by atoms with E-state index >= 15 is 0 Å². The maximum atomic E-state index is 12.7. The first-order valence-corrected chi connectivity index (χ1v) is 10.9. The van der Waals surface area contributed by atoms with E-state index in [2.05, 4.69) is 27.1 Å². The van der Waals surface area contributed by atoms with E-state index < -0.39 is 5.97 Å². The molecule has 2 N–H and O–H groups in total. The molecule has 0 unspecified atom stereocenters. The van der Waals surface area contributed by atoms with Crippen LogP contribution in [0.5, 0.6) is 0 Å². The van der Waals surface area contributed by atoms with Gasteiger partial charge >= 0.3 is 5.97 Å². The van der Waals surface area contributed by atoms with Crippen LogP contribution in [0.25, 0.3) is 10.9 Å². The lowest BCUT2D eigenvalue weighted by atomic mass is 10.2. The highest BCUT2D eigenvalue weighted by molar-refractivity contribution is 7.71. The zero-order valence-corrected chi connectivity index (χ0v) is 18.8. The minimum absolute atomic E-state index is 0.0322. The summed E-state index contributed by atoms with van der Waals surface area (Å²) in [6.45, 7) is 4.32. The van der Waals surface area contributed by atoms with Crippen LogP contribution in [0.2, 0.25) is 0 Å². The minimum atomic E-state index is -0.445. The fraction of sp³-hybridized carbons (Fsp3) is 0.190. The summed E-state index contributed by atoms with van der Waals surface area (Å²) >= 11 is 6.56. The topological polar surface area (TPSA) is 107 Å². The zero-order chi connectivity index (χ0) is 22.7. The van der Waals surface area contributed by atoms with Gasteiger partial charge in [0.2, 0.25) is 5.91 Å². The molecule has 4 rings (SSSR count). The molecule has 1 aromatic carbocycles. The molecule has 1 amide bonds. The van der Waals surface area contributed by atoms with Crippen molar-refractivity contribution in [1.29, 1.82) is 0 Å². The Morgan fingerprint density at radius 3 is 2.97 bits per heavy atom. The number of hydrogen-bond donors (Lipinski definition) is 2. The van der Waals surface area contributed by atoms with Crippen LogP contribution in [0.1, 0.15) is 21.9 Å². The number of ether oxygens (including phenoxy) is 1. The van der Waals surface area contributed by atoms with Gasteiger partial charge in [-0.2, -0.15) is 5.10 Å². The molecule has 0 radical (unpaired) electrons. The first kappa shape index (κ1) is 21.7. The largest absolute Gasteiger partial charge is 0.465 e. The molecule has 164 valence electrons. The number of aromatic nitrogens is 5. The van der Waals surface area contributed by atoms with Crippen LogP contribution in [0.15, 0.2) is 48.5 Å². The number of rotatable bonds is 8. The van der Waals surface area contributed by atoms with E-state index in [1.807, 2.05) is 34.2 Å². The number of H-pyrrole nitrogens is 1. The van der Waals surface area contributed by atoms with Crippen molar-refractivity contribution in [3.05, 3.63) is 70.4 Å². The van der Waals surface area contributed by atoms with Crippen LogP contribution >= 0.6 is 23.6 Å². The molecule has 3 aromatic heterocycles. The second-order valence-corrected chi connectivity index (χ2v) is 8.14. The van der Waals surface area contributed by atoms with Gasteiger partial charge in [-0.25, -0.2) is 9.78 Å². The van der Waals surface area contributed by atoms with Crippen molar-refractivity contribution >= 4 is 51.5 Å². The number of hydrogen-bond acceptors (Lipinski definition) is 7. The number of amides is 1. The third-order valence-corrected chi connectivity index (χ3v) is 5.91. The quantitative estimate of drug-likeness (QED) is 0.233. The van der Waals surface area contributed by atoms with Gasteiger partial charge in [-0.05, 0) is 18.3 Å². The van der Waals surface area contributed by atoms with Crippen molar-refractivity contribution in [1.82, 2.24) is 24.3 Å². The normalized spacial score (nSPS) is 10.9. The lowest BCUT2D eigenvalue weighted by Crippen LogP contribution is -2.18. The van der Waals surface area contributed by atoms with Gasteiger partial charge in [0.1, 0.15) is 12.4 Å². The molecule has 0 saturated carbocycles. The molecule has 9 nitrogen and oxygen atoms in total. The molecule has 32 heavy (non-hydrogen) atoms. The summed E-state index contributed by atoms with van der Waals surface area (Å²) < 4.78 is 8.94. The van der Waals surface area contributed by atoms with Gasteiger partial charge in [-0.15, -0.1) is 17.9 Å². The number of carbonyl (C=O) groups is 2. The molecular weight excluding hydrogens is 448 g/mol. The van der Waals surface area contributed by atoms with Gasteiger partial charge in [-0.1, -0.05) is 24.3 Å². The van der Waals surface area contributed by atoms with Gasteiger partial charge in [0, 0.05) is 29.0 Å². The van der Waals surface area contributed by atoms with Gasteiger partial charge in [0.05, 0.1) is 24.8 Å². The Balaban J connectivity index is 1.47. The number of benzene rings is 1. The fourth-order valence-electron chi connectivity index (χ4n) is 3.37. The summed E-state index contributed by atoms with van der Waals surface area (Å²) in [6, 6.07) is 7.37. The van der Waals surface area contributed by atoms with E-state index in [9.17, 15) is 9.59 Å². The number of esters is 1. The second kappa shape index (κ2) is 9.28. The van der Waals surface area contributed by atoms with Crippen molar-refractivity contribution in [2.45, 2.75) is 19.5 Å². The molecule has 0 aliphatic carbocycles. The number of anilines is 1. The number of allylic oxidation sites excluding steroid dienone is 1. The molecule has 0 bridgehead atoms. The van der Waals surface area contributed by atoms with Crippen LogP contribution < -0.4 is 5.32 Å². The van der Waals surface area contributed by atoms with E-state index in [4.69, 9.17) is 17.0 Å². The predicted octanol–water partition coefficient (Wildman–Crippen LogP) is 3.55. The van der Waals surface area contributed by atoms with Crippen molar-refractivity contribution in [2.24, 2.45) is 0 Å². The lowest BCUT2D eigenvalue weighted by Gasteiger charge is -2.05. The van der Waals surface area contributed by atoms with Crippen molar-refractivity contribution in [3.8, 4) is 0 Å². The van der Waals surface area contributed by atoms with Gasteiger partial charge in [0.25, 0.3) is 0 Å². The van der Waals surface area contributed by atoms with Crippen LogP contribution in [0.3, 0.4) is 0 Å². The lowest BCUT2D eigenvalue weighted by molar-refractivity contribution is -0.116. The Labute approximate surface area is 192 Å². The molecule has 11 heteroatoms. The highest BCUT2D eigenvalue weighted by Gasteiger charge is 2.17. The second-order valence-electron chi connectivity index (χ2n) is 6.89. The maximum Gasteiger partial charge on any atom is 0.340 e. The number of nitrogens with one attached hydrogen (secondary N) is 2. The highest BCUT2D eigenvalue weighted by atomic mass is 32.1. The van der Waals surface area contributed by atoms with Gasteiger partial charge < -0.3 is 14.6 Å². The number of fused-ring (bicyclic) bond motifs is 1. The summed E-state index contributed by atoms with van der Waals surface area (Å²) in [6.07, 6.45) is 3.85.